The topological polar surface area (TPSA) is 46.5 Å². The third-order valence-electron chi connectivity index (χ3n) is 0.159. The zero-order chi connectivity index (χ0) is 4.99. The lowest BCUT2D eigenvalue weighted by atomic mass is 11.7. The Bertz CT molecular complexity index is 54.8. The summed E-state index contributed by atoms with van der Waals surface area (Å²) in [4.78, 5) is 7.75. The standard InChI is InChI=1S/CH2ClO3P/c2-1-5-6(3)4/h1H2/p+1. The van der Waals surface area contributed by atoms with Crippen molar-refractivity contribution in [2.75, 3.05) is 6.07 Å². The maximum Gasteiger partial charge on any atom is 0.695 e. The fraction of sp³-hybridized carbons (Fsp3) is 1.00. The van der Waals surface area contributed by atoms with Crippen LogP contribution in [0.4, 0.5) is 0 Å². The molecule has 0 amide bonds. The van der Waals surface area contributed by atoms with Gasteiger partial charge in [0.1, 0.15) is 0 Å². The fourth-order valence-corrected chi connectivity index (χ4v) is 0.376. The molecular weight excluding hydrogens is 126 g/mol. The van der Waals surface area contributed by atoms with Gasteiger partial charge in [0.15, 0.2) is 6.07 Å². The van der Waals surface area contributed by atoms with Crippen LogP contribution in [0.25, 0.3) is 0 Å². The Morgan fingerprint density at radius 2 is 2.50 bits per heavy atom. The van der Waals surface area contributed by atoms with Gasteiger partial charge in [0, 0.05) is 4.57 Å². The molecule has 5 heteroatoms. The summed E-state index contributed by atoms with van der Waals surface area (Å²) in [6, 6.07) is -0.230. The van der Waals surface area contributed by atoms with Crippen LogP contribution in [0.3, 0.4) is 0 Å². The average molecular weight is 129 g/mol. The lowest BCUT2D eigenvalue weighted by Crippen LogP contribution is -1.68. The minimum absolute atomic E-state index is 0.230. The van der Waals surface area contributed by atoms with Crippen LogP contribution in [0.2, 0.25) is 0 Å². The maximum absolute atomic E-state index is 9.44. The summed E-state index contributed by atoms with van der Waals surface area (Å²) in [6.07, 6.45) is 0. The second-order valence-corrected chi connectivity index (χ2v) is 1.43. The van der Waals surface area contributed by atoms with Gasteiger partial charge in [-0.2, -0.15) is 0 Å². The van der Waals surface area contributed by atoms with Crippen molar-refractivity contribution in [3.8, 4) is 0 Å². The summed E-state index contributed by atoms with van der Waals surface area (Å²) >= 11 is 4.83. The number of halogens is 1. The Labute approximate surface area is 40.8 Å². The molecule has 0 bridgehead atoms. The van der Waals surface area contributed by atoms with Crippen molar-refractivity contribution in [1.82, 2.24) is 0 Å². The van der Waals surface area contributed by atoms with Crippen molar-refractivity contribution in [2.45, 2.75) is 0 Å². The zero-order valence-electron chi connectivity index (χ0n) is 2.80. The Hall–Kier alpha value is 0.310. The first kappa shape index (κ1) is 6.31. The van der Waals surface area contributed by atoms with Gasteiger partial charge in [-0.3, -0.25) is 0 Å². The fourth-order valence-electron chi connectivity index (χ4n) is 0.0417. The van der Waals surface area contributed by atoms with E-state index in [0.29, 0.717) is 0 Å². The van der Waals surface area contributed by atoms with Gasteiger partial charge in [0.2, 0.25) is 0 Å². The molecule has 0 aromatic heterocycles. The van der Waals surface area contributed by atoms with E-state index in [0.717, 1.165) is 0 Å². The molecule has 36 valence electrons. The molecule has 0 rings (SSSR count). The Morgan fingerprint density at radius 3 is 2.50 bits per heavy atom. The Morgan fingerprint density at radius 1 is 2.00 bits per heavy atom. The molecule has 1 unspecified atom stereocenters. The summed E-state index contributed by atoms with van der Waals surface area (Å²) in [5.74, 6) is 0. The summed E-state index contributed by atoms with van der Waals surface area (Å²) < 4.78 is 13.3. The molecule has 0 aromatic rings. The molecule has 1 atom stereocenters. The van der Waals surface area contributed by atoms with Crippen molar-refractivity contribution in [2.24, 2.45) is 0 Å². The summed E-state index contributed by atoms with van der Waals surface area (Å²) in [5.41, 5.74) is 0. The van der Waals surface area contributed by atoms with Crippen molar-refractivity contribution in [3.05, 3.63) is 0 Å². The van der Waals surface area contributed by atoms with Gasteiger partial charge in [-0.1, -0.05) is 11.6 Å². The van der Waals surface area contributed by atoms with Gasteiger partial charge in [-0.15, -0.1) is 9.42 Å². The van der Waals surface area contributed by atoms with E-state index in [1.807, 2.05) is 0 Å². The molecule has 0 spiro atoms. The third kappa shape index (κ3) is 4.31. The van der Waals surface area contributed by atoms with Crippen molar-refractivity contribution >= 4 is 19.9 Å². The highest BCUT2D eigenvalue weighted by molar-refractivity contribution is 7.32. The van der Waals surface area contributed by atoms with Gasteiger partial charge >= 0.3 is 8.25 Å². The zero-order valence-corrected chi connectivity index (χ0v) is 4.45. The highest BCUT2D eigenvalue weighted by Gasteiger charge is 2.07. The molecule has 0 saturated heterocycles. The second kappa shape index (κ2) is 3.50. The van der Waals surface area contributed by atoms with Crippen molar-refractivity contribution in [1.29, 1.82) is 0 Å². The quantitative estimate of drug-likeness (QED) is 0.444. The van der Waals surface area contributed by atoms with Crippen LogP contribution in [-0.4, -0.2) is 11.0 Å². The molecule has 0 aliphatic heterocycles. The molecular formula is CH3ClO3P+. The van der Waals surface area contributed by atoms with Gasteiger partial charge in [-0.05, 0) is 0 Å². The summed E-state index contributed by atoms with van der Waals surface area (Å²) in [6.45, 7) is 0. The molecule has 0 aromatic carbocycles. The number of hydrogen-bond donors (Lipinski definition) is 1. The molecule has 3 nitrogen and oxygen atoms in total. The minimum atomic E-state index is -2.48. The average Bonchev–Trinajstić information content (AvgIpc) is 1.35. The number of alkyl halides is 1. The molecule has 0 heterocycles. The maximum atomic E-state index is 9.44. The highest BCUT2D eigenvalue weighted by Crippen LogP contribution is 2.13. The SMILES string of the molecule is O=[P+](O)OCCl. The van der Waals surface area contributed by atoms with E-state index in [1.54, 1.807) is 0 Å². The lowest BCUT2D eigenvalue weighted by molar-refractivity contribution is 0.328. The normalized spacial score (nSPS) is 11.3. The lowest BCUT2D eigenvalue weighted by Gasteiger charge is -1.65. The van der Waals surface area contributed by atoms with Crippen LogP contribution in [0.5, 0.6) is 0 Å². The number of rotatable bonds is 2. The molecule has 6 heavy (non-hydrogen) atoms. The van der Waals surface area contributed by atoms with Gasteiger partial charge in [0.25, 0.3) is 0 Å². The van der Waals surface area contributed by atoms with Crippen LogP contribution < -0.4 is 0 Å². The molecule has 0 aliphatic carbocycles. The first-order valence-electron chi connectivity index (χ1n) is 1.12. The Kier molecular flexibility index (Phi) is 3.68. The molecule has 0 saturated carbocycles. The van der Waals surface area contributed by atoms with E-state index in [9.17, 15) is 4.57 Å². The van der Waals surface area contributed by atoms with Crippen LogP contribution in [0, 0.1) is 0 Å². The van der Waals surface area contributed by atoms with E-state index in [2.05, 4.69) is 4.52 Å². The van der Waals surface area contributed by atoms with E-state index in [4.69, 9.17) is 16.5 Å². The minimum Gasteiger partial charge on any atom is -0.133 e. The summed E-state index contributed by atoms with van der Waals surface area (Å²) in [7, 11) is -2.48. The Balaban J connectivity index is 2.83. The largest absolute Gasteiger partial charge is 0.695 e. The second-order valence-electron chi connectivity index (χ2n) is 0.476. The van der Waals surface area contributed by atoms with Gasteiger partial charge < -0.3 is 0 Å². The molecule has 0 fully saturated rings. The van der Waals surface area contributed by atoms with Crippen LogP contribution >= 0.6 is 19.9 Å². The predicted molar refractivity (Wildman–Crippen MR) is 21.6 cm³/mol. The first-order chi connectivity index (χ1) is 2.77. The van der Waals surface area contributed by atoms with Gasteiger partial charge in [0.05, 0.1) is 0 Å². The van der Waals surface area contributed by atoms with E-state index < -0.39 is 8.25 Å². The molecule has 0 aliphatic rings. The van der Waals surface area contributed by atoms with E-state index >= 15 is 0 Å². The number of hydrogen-bond acceptors (Lipinski definition) is 2. The molecule has 1 N–H and O–H groups in total. The van der Waals surface area contributed by atoms with Crippen LogP contribution in [-0.2, 0) is 9.09 Å². The predicted octanol–water partition coefficient (Wildman–Crippen LogP) is 0.849. The smallest absolute Gasteiger partial charge is 0.133 e. The highest BCUT2D eigenvalue weighted by atomic mass is 35.5. The molecule has 0 radical (unpaired) electrons. The van der Waals surface area contributed by atoms with E-state index in [1.165, 1.54) is 0 Å². The van der Waals surface area contributed by atoms with E-state index in [-0.39, 0.29) is 6.07 Å². The van der Waals surface area contributed by atoms with Crippen molar-refractivity contribution in [3.63, 3.8) is 0 Å². The van der Waals surface area contributed by atoms with Crippen LogP contribution in [0.1, 0.15) is 0 Å². The summed E-state index contributed by atoms with van der Waals surface area (Å²) in [5, 5.41) is 0. The van der Waals surface area contributed by atoms with Crippen LogP contribution in [0.15, 0.2) is 0 Å². The van der Waals surface area contributed by atoms with Gasteiger partial charge in [-0.25, -0.2) is 0 Å². The van der Waals surface area contributed by atoms with Crippen molar-refractivity contribution < 1.29 is 14.0 Å². The third-order valence-corrected chi connectivity index (χ3v) is 0.770. The first-order valence-corrected chi connectivity index (χ1v) is 2.79. The monoisotopic (exact) mass is 129 g/mol.